The summed E-state index contributed by atoms with van der Waals surface area (Å²) in [5, 5.41) is 14.0. The molecule has 3 N–H and O–H groups in total. The summed E-state index contributed by atoms with van der Waals surface area (Å²) in [6.45, 7) is 4.91. The van der Waals surface area contributed by atoms with Crippen molar-refractivity contribution in [3.05, 3.63) is 0 Å². The molecule has 3 atom stereocenters. The molecule has 0 aliphatic carbocycles. The number of phosphoric acid groups is 1. The van der Waals surface area contributed by atoms with Crippen LogP contribution in [0.2, 0.25) is 0 Å². The summed E-state index contributed by atoms with van der Waals surface area (Å²) >= 11 is 0. The molecule has 0 saturated heterocycles. The lowest BCUT2D eigenvalue weighted by atomic mass is 10.0. The van der Waals surface area contributed by atoms with Gasteiger partial charge in [-0.2, -0.15) is 0 Å². The number of carbonyl (C=O) groups excluding carboxylic acids is 1. The van der Waals surface area contributed by atoms with E-state index in [2.05, 4.69) is 19.2 Å². The molecule has 0 aliphatic rings. The average Bonchev–Trinajstić information content (AvgIpc) is 3.19. The zero-order chi connectivity index (χ0) is 43.6. The molecule has 8 nitrogen and oxygen atoms in total. The molecule has 3 unspecified atom stereocenters. The van der Waals surface area contributed by atoms with Crippen LogP contribution in [0, 0.1) is 0 Å². The number of quaternary nitrogens is 1. The molecule has 0 radical (unpaired) electrons. The van der Waals surface area contributed by atoms with Crippen LogP contribution in [0.4, 0.5) is 0 Å². The van der Waals surface area contributed by atoms with Crippen LogP contribution < -0.4 is 5.32 Å². The van der Waals surface area contributed by atoms with Gasteiger partial charge in [0, 0.05) is 6.42 Å². The van der Waals surface area contributed by atoms with E-state index >= 15 is 0 Å². The van der Waals surface area contributed by atoms with Crippen LogP contribution in [0.25, 0.3) is 0 Å². The zero-order valence-corrected chi connectivity index (χ0v) is 41.2. The van der Waals surface area contributed by atoms with Gasteiger partial charge in [0.1, 0.15) is 13.2 Å². The molecule has 59 heavy (non-hydrogen) atoms. The molecule has 0 aromatic heterocycles. The van der Waals surface area contributed by atoms with Crippen LogP contribution in [0.3, 0.4) is 0 Å². The van der Waals surface area contributed by atoms with Gasteiger partial charge < -0.3 is 19.8 Å². The Hall–Kier alpha value is -0.500. The van der Waals surface area contributed by atoms with Crippen molar-refractivity contribution in [2.24, 2.45) is 0 Å². The van der Waals surface area contributed by atoms with Crippen LogP contribution in [0.15, 0.2) is 0 Å². The number of aliphatic hydroxyl groups is 1. The molecule has 0 bridgehead atoms. The molecule has 0 aromatic carbocycles. The summed E-state index contributed by atoms with van der Waals surface area (Å²) in [6.07, 6.45) is 48.7. The Morgan fingerprint density at radius 1 is 0.508 bits per heavy atom. The summed E-state index contributed by atoms with van der Waals surface area (Å²) in [6, 6.07) is -0.753. The zero-order valence-electron chi connectivity index (χ0n) is 40.3. The largest absolute Gasteiger partial charge is 0.472 e. The first kappa shape index (κ1) is 58.5. The Morgan fingerprint density at radius 3 is 1.14 bits per heavy atom. The number of rotatable bonds is 48. The highest BCUT2D eigenvalue weighted by molar-refractivity contribution is 7.47. The Morgan fingerprint density at radius 2 is 0.814 bits per heavy atom. The fourth-order valence-corrected chi connectivity index (χ4v) is 8.73. The first-order chi connectivity index (χ1) is 28.5. The number of nitrogens with one attached hydrogen (secondary N) is 1. The first-order valence-electron chi connectivity index (χ1n) is 25.9. The molecule has 354 valence electrons. The molecule has 0 spiro atoms. The molecule has 0 aliphatic heterocycles. The molecule has 0 saturated carbocycles. The number of aliphatic hydroxyl groups excluding tert-OH is 1. The fourth-order valence-electron chi connectivity index (χ4n) is 7.99. The average molecular weight is 860 g/mol. The van der Waals surface area contributed by atoms with Crippen LogP contribution in [-0.4, -0.2) is 73.4 Å². The third kappa shape index (κ3) is 45.3. The van der Waals surface area contributed by atoms with Crippen molar-refractivity contribution in [2.75, 3.05) is 40.9 Å². The molecular formula is C50H104N2O6P+. The lowest BCUT2D eigenvalue weighted by Crippen LogP contribution is -2.46. The minimum absolute atomic E-state index is 0.0786. The quantitative estimate of drug-likeness (QED) is 0.0320. The number of nitrogens with zero attached hydrogens (tertiary/aromatic N) is 1. The summed E-state index contributed by atoms with van der Waals surface area (Å²) < 4.78 is 23.7. The molecule has 0 heterocycles. The van der Waals surface area contributed by atoms with E-state index in [1.165, 1.54) is 199 Å². The maximum absolute atomic E-state index is 12.9. The molecule has 0 fully saturated rings. The second-order valence-electron chi connectivity index (χ2n) is 19.3. The minimum atomic E-state index is -4.31. The van der Waals surface area contributed by atoms with E-state index in [0.29, 0.717) is 23.9 Å². The highest BCUT2D eigenvalue weighted by Gasteiger charge is 2.28. The Balaban J connectivity index is 4.04. The molecule has 1 amide bonds. The molecule has 0 aromatic rings. The number of phosphoric ester groups is 1. The van der Waals surface area contributed by atoms with E-state index in [0.717, 1.165) is 38.5 Å². The normalized spacial score (nSPS) is 14.1. The second kappa shape index (κ2) is 42.8. The van der Waals surface area contributed by atoms with Gasteiger partial charge >= 0.3 is 7.82 Å². The van der Waals surface area contributed by atoms with Crippen LogP contribution in [0.1, 0.15) is 264 Å². The van der Waals surface area contributed by atoms with Crippen molar-refractivity contribution in [3.63, 3.8) is 0 Å². The Kier molecular flexibility index (Phi) is 42.4. The first-order valence-corrected chi connectivity index (χ1v) is 27.4. The van der Waals surface area contributed by atoms with E-state index in [-0.39, 0.29) is 19.1 Å². The van der Waals surface area contributed by atoms with Gasteiger partial charge in [-0.3, -0.25) is 13.8 Å². The SMILES string of the molecule is CCCCCCCCCCCCCCCCCCCCCCCCCCCCC(=O)NC(COP(=O)(O)OCC[N+](C)(C)C)C(O)CCCCCCCCCCCCC. The number of hydrogen-bond donors (Lipinski definition) is 3. The van der Waals surface area contributed by atoms with Crippen molar-refractivity contribution >= 4 is 13.7 Å². The summed E-state index contributed by atoms with van der Waals surface area (Å²) in [5.74, 6) is -0.139. The number of amides is 1. The van der Waals surface area contributed by atoms with Gasteiger partial charge in [0.2, 0.25) is 5.91 Å². The third-order valence-electron chi connectivity index (χ3n) is 12.1. The Labute approximate surface area is 368 Å². The predicted octanol–water partition coefficient (Wildman–Crippen LogP) is 14.9. The van der Waals surface area contributed by atoms with Gasteiger partial charge in [0.25, 0.3) is 0 Å². The number of unbranched alkanes of at least 4 members (excludes halogenated alkanes) is 35. The third-order valence-corrected chi connectivity index (χ3v) is 13.1. The number of carbonyl (C=O) groups is 1. The summed E-state index contributed by atoms with van der Waals surface area (Å²) in [5.41, 5.74) is 0. The van der Waals surface area contributed by atoms with E-state index in [1.54, 1.807) is 0 Å². The standard InChI is InChI=1S/C50H103N2O6P/c1-6-8-10-12-14-16-18-19-20-21-22-23-24-25-26-27-28-29-30-31-32-34-36-38-40-42-44-50(54)51-48(47-58-59(55,56)57-46-45-52(3,4)5)49(53)43-41-39-37-35-33-17-15-13-11-9-7-2/h48-49,53H,6-47H2,1-5H3,(H-,51,54,55,56)/p+1. The van der Waals surface area contributed by atoms with Crippen LogP contribution >= 0.6 is 7.82 Å². The smallest absolute Gasteiger partial charge is 0.391 e. The highest BCUT2D eigenvalue weighted by atomic mass is 31.2. The van der Waals surface area contributed by atoms with E-state index < -0.39 is 20.0 Å². The fraction of sp³-hybridized carbons (Fsp3) is 0.980. The number of hydrogen-bond acceptors (Lipinski definition) is 5. The topological polar surface area (TPSA) is 105 Å². The van der Waals surface area contributed by atoms with Crippen molar-refractivity contribution in [1.82, 2.24) is 5.32 Å². The number of likely N-dealkylation sites (N-methyl/N-ethyl adjacent to an activating group) is 1. The lowest BCUT2D eigenvalue weighted by molar-refractivity contribution is -0.870. The maximum Gasteiger partial charge on any atom is 0.472 e. The monoisotopic (exact) mass is 860 g/mol. The van der Waals surface area contributed by atoms with Gasteiger partial charge in [-0.1, -0.05) is 245 Å². The van der Waals surface area contributed by atoms with Crippen molar-refractivity contribution in [1.29, 1.82) is 0 Å². The van der Waals surface area contributed by atoms with Gasteiger partial charge in [-0.15, -0.1) is 0 Å². The van der Waals surface area contributed by atoms with Crippen molar-refractivity contribution in [2.45, 2.75) is 276 Å². The second-order valence-corrected chi connectivity index (χ2v) is 20.7. The summed E-state index contributed by atoms with van der Waals surface area (Å²) in [7, 11) is 1.63. The highest BCUT2D eigenvalue weighted by Crippen LogP contribution is 2.43. The maximum atomic E-state index is 12.9. The molecular weight excluding hydrogens is 756 g/mol. The Bertz CT molecular complexity index is 932. The van der Waals surface area contributed by atoms with Crippen molar-refractivity contribution in [3.8, 4) is 0 Å². The predicted molar refractivity (Wildman–Crippen MR) is 254 cm³/mol. The van der Waals surface area contributed by atoms with Gasteiger partial charge in [-0.25, -0.2) is 4.57 Å². The van der Waals surface area contributed by atoms with E-state index in [9.17, 15) is 19.4 Å². The van der Waals surface area contributed by atoms with E-state index in [4.69, 9.17) is 9.05 Å². The van der Waals surface area contributed by atoms with Gasteiger partial charge in [0.05, 0.1) is 39.9 Å². The summed E-state index contributed by atoms with van der Waals surface area (Å²) in [4.78, 5) is 23.2. The van der Waals surface area contributed by atoms with Crippen molar-refractivity contribution < 1.29 is 32.9 Å². The van der Waals surface area contributed by atoms with Crippen LogP contribution in [-0.2, 0) is 18.4 Å². The lowest BCUT2D eigenvalue weighted by Gasteiger charge is -2.26. The van der Waals surface area contributed by atoms with Crippen LogP contribution in [0.5, 0.6) is 0 Å². The minimum Gasteiger partial charge on any atom is -0.391 e. The molecule has 9 heteroatoms. The van der Waals surface area contributed by atoms with E-state index in [1.807, 2.05) is 21.1 Å². The molecule has 0 rings (SSSR count). The van der Waals surface area contributed by atoms with Gasteiger partial charge in [-0.05, 0) is 12.8 Å². The van der Waals surface area contributed by atoms with Gasteiger partial charge in [0.15, 0.2) is 0 Å².